The van der Waals surface area contributed by atoms with Gasteiger partial charge >= 0.3 is 5.97 Å². The number of nitrogens with zero attached hydrogens (tertiary/aromatic N) is 3. The van der Waals surface area contributed by atoms with Crippen LogP contribution in [0.3, 0.4) is 0 Å². The number of hydrogen-bond donors (Lipinski definition) is 1. The SMILES string of the molecule is CCC1C[C@H](C(=O)N(C)Cc2cnn(C)c2)[C@H](C(=O)O)C1. The van der Waals surface area contributed by atoms with E-state index in [1.807, 2.05) is 13.2 Å². The van der Waals surface area contributed by atoms with Gasteiger partial charge in [0.15, 0.2) is 0 Å². The summed E-state index contributed by atoms with van der Waals surface area (Å²) in [6.45, 7) is 2.52. The second-order valence-corrected chi connectivity index (χ2v) is 6.01. The van der Waals surface area contributed by atoms with Crippen LogP contribution in [-0.4, -0.2) is 38.7 Å². The van der Waals surface area contributed by atoms with Crippen LogP contribution in [0.4, 0.5) is 0 Å². The van der Waals surface area contributed by atoms with Gasteiger partial charge < -0.3 is 10.0 Å². The number of carbonyl (C=O) groups excluding carboxylic acids is 1. The quantitative estimate of drug-likeness (QED) is 0.893. The van der Waals surface area contributed by atoms with E-state index in [4.69, 9.17) is 0 Å². The number of rotatable bonds is 5. The van der Waals surface area contributed by atoms with Gasteiger partial charge in [0.05, 0.1) is 18.0 Å². The van der Waals surface area contributed by atoms with Crippen LogP contribution >= 0.6 is 0 Å². The van der Waals surface area contributed by atoms with Crippen molar-refractivity contribution in [3.8, 4) is 0 Å². The fourth-order valence-corrected chi connectivity index (χ4v) is 3.21. The van der Waals surface area contributed by atoms with Crippen molar-refractivity contribution in [1.82, 2.24) is 14.7 Å². The normalized spacial score (nSPS) is 25.0. The maximum absolute atomic E-state index is 12.6. The van der Waals surface area contributed by atoms with Crippen LogP contribution < -0.4 is 0 Å². The smallest absolute Gasteiger partial charge is 0.307 e. The molecule has 0 saturated heterocycles. The van der Waals surface area contributed by atoms with Crippen molar-refractivity contribution in [2.45, 2.75) is 32.7 Å². The van der Waals surface area contributed by atoms with Crippen LogP contribution in [-0.2, 0) is 23.2 Å². The summed E-state index contributed by atoms with van der Waals surface area (Å²) in [4.78, 5) is 25.6. The van der Waals surface area contributed by atoms with Gasteiger partial charge in [0.2, 0.25) is 5.91 Å². The van der Waals surface area contributed by atoms with Crippen molar-refractivity contribution in [2.75, 3.05) is 7.05 Å². The number of carboxylic acids is 1. The largest absolute Gasteiger partial charge is 0.481 e. The molecule has 1 aliphatic rings. The van der Waals surface area contributed by atoms with Crippen molar-refractivity contribution >= 4 is 11.9 Å². The van der Waals surface area contributed by atoms with Gasteiger partial charge in [0.1, 0.15) is 0 Å². The molecule has 1 aromatic heterocycles. The predicted molar refractivity (Wildman–Crippen MR) is 77.3 cm³/mol. The van der Waals surface area contributed by atoms with E-state index >= 15 is 0 Å². The lowest BCUT2D eigenvalue weighted by molar-refractivity contribution is -0.148. The number of aryl methyl sites for hydroxylation is 1. The molecule has 1 saturated carbocycles. The highest BCUT2D eigenvalue weighted by atomic mass is 16.4. The van der Waals surface area contributed by atoms with Crippen LogP contribution in [0.5, 0.6) is 0 Å². The highest BCUT2D eigenvalue weighted by molar-refractivity contribution is 5.85. The molecule has 116 valence electrons. The zero-order valence-electron chi connectivity index (χ0n) is 12.8. The Morgan fingerprint density at radius 3 is 2.62 bits per heavy atom. The third kappa shape index (κ3) is 3.43. The summed E-state index contributed by atoms with van der Waals surface area (Å²) in [5, 5.41) is 13.4. The van der Waals surface area contributed by atoms with Crippen LogP contribution in [0.15, 0.2) is 12.4 Å². The van der Waals surface area contributed by atoms with Crippen molar-refractivity contribution in [3.63, 3.8) is 0 Å². The van der Waals surface area contributed by atoms with Gasteiger partial charge in [-0.3, -0.25) is 14.3 Å². The zero-order valence-corrected chi connectivity index (χ0v) is 12.8. The van der Waals surface area contributed by atoms with Crippen LogP contribution in [0, 0.1) is 17.8 Å². The van der Waals surface area contributed by atoms with Gasteiger partial charge in [0, 0.05) is 32.4 Å². The number of carboxylic acid groups (broad SMARTS) is 1. The second kappa shape index (κ2) is 6.28. The number of aliphatic carboxylic acids is 1. The Balaban J connectivity index is 2.05. The molecule has 1 aliphatic carbocycles. The highest BCUT2D eigenvalue weighted by Gasteiger charge is 2.43. The molecule has 1 N–H and O–H groups in total. The van der Waals surface area contributed by atoms with Crippen molar-refractivity contribution in [1.29, 1.82) is 0 Å². The Bertz CT molecular complexity index is 526. The number of amides is 1. The molecule has 0 aromatic carbocycles. The van der Waals surface area contributed by atoms with Crippen LogP contribution in [0.2, 0.25) is 0 Å². The maximum Gasteiger partial charge on any atom is 0.307 e. The van der Waals surface area contributed by atoms with E-state index < -0.39 is 17.8 Å². The average molecular weight is 293 g/mol. The molecule has 1 fully saturated rings. The second-order valence-electron chi connectivity index (χ2n) is 6.01. The van der Waals surface area contributed by atoms with E-state index in [0.29, 0.717) is 25.3 Å². The Hall–Kier alpha value is -1.85. The first-order valence-corrected chi connectivity index (χ1v) is 7.37. The molecule has 3 atom stereocenters. The molecular weight excluding hydrogens is 270 g/mol. The lowest BCUT2D eigenvalue weighted by Gasteiger charge is -2.23. The predicted octanol–water partition coefficient (Wildman–Crippen LogP) is 1.52. The van der Waals surface area contributed by atoms with E-state index in [2.05, 4.69) is 12.0 Å². The standard InChI is InChI=1S/C15H23N3O3/c1-4-10-5-12(13(6-10)15(20)21)14(19)17(2)8-11-7-16-18(3)9-11/h7,9-10,12-13H,4-6,8H2,1-3H3,(H,20,21)/t10?,12-,13+/m0/s1. The summed E-state index contributed by atoms with van der Waals surface area (Å²) in [6.07, 6.45) is 5.82. The van der Waals surface area contributed by atoms with Crippen molar-refractivity contribution < 1.29 is 14.7 Å². The van der Waals surface area contributed by atoms with Gasteiger partial charge in [-0.05, 0) is 18.8 Å². The minimum atomic E-state index is -0.848. The van der Waals surface area contributed by atoms with E-state index in [1.54, 1.807) is 22.8 Å². The molecular formula is C15H23N3O3. The molecule has 1 unspecified atom stereocenters. The van der Waals surface area contributed by atoms with Crippen molar-refractivity contribution in [2.24, 2.45) is 24.8 Å². The number of carbonyl (C=O) groups is 2. The maximum atomic E-state index is 12.6. The first kappa shape index (κ1) is 15.5. The van der Waals surface area contributed by atoms with E-state index in [0.717, 1.165) is 12.0 Å². The topological polar surface area (TPSA) is 75.4 Å². The summed E-state index contributed by atoms with van der Waals surface area (Å²) >= 11 is 0. The Labute approximate surface area is 124 Å². The third-order valence-electron chi connectivity index (χ3n) is 4.43. The first-order valence-electron chi connectivity index (χ1n) is 7.37. The fraction of sp³-hybridized carbons (Fsp3) is 0.667. The number of aromatic nitrogens is 2. The molecule has 0 aliphatic heterocycles. The van der Waals surface area contributed by atoms with Gasteiger partial charge in [-0.2, -0.15) is 5.10 Å². The average Bonchev–Trinajstić information content (AvgIpc) is 3.04. The molecule has 6 nitrogen and oxygen atoms in total. The summed E-state index contributed by atoms with van der Waals surface area (Å²) in [5.74, 6) is -1.51. The monoisotopic (exact) mass is 293 g/mol. The Kier molecular flexibility index (Phi) is 4.65. The lowest BCUT2D eigenvalue weighted by atomic mass is 9.95. The molecule has 0 spiro atoms. The molecule has 1 aromatic rings. The first-order chi connectivity index (χ1) is 9.92. The van der Waals surface area contributed by atoms with Gasteiger partial charge in [-0.25, -0.2) is 0 Å². The van der Waals surface area contributed by atoms with Gasteiger partial charge in [-0.1, -0.05) is 13.3 Å². The zero-order chi connectivity index (χ0) is 15.6. The molecule has 1 heterocycles. The molecule has 2 rings (SSSR count). The minimum absolute atomic E-state index is 0.0674. The van der Waals surface area contributed by atoms with Crippen molar-refractivity contribution in [3.05, 3.63) is 18.0 Å². The third-order valence-corrected chi connectivity index (χ3v) is 4.43. The number of hydrogen-bond acceptors (Lipinski definition) is 3. The van der Waals surface area contributed by atoms with E-state index in [9.17, 15) is 14.7 Å². The fourth-order valence-electron chi connectivity index (χ4n) is 3.21. The Morgan fingerprint density at radius 2 is 2.10 bits per heavy atom. The molecule has 21 heavy (non-hydrogen) atoms. The minimum Gasteiger partial charge on any atom is -0.481 e. The summed E-state index contributed by atoms with van der Waals surface area (Å²) < 4.78 is 1.69. The van der Waals surface area contributed by atoms with Crippen LogP contribution in [0.1, 0.15) is 31.7 Å². The molecule has 0 radical (unpaired) electrons. The Morgan fingerprint density at radius 1 is 1.43 bits per heavy atom. The van der Waals surface area contributed by atoms with E-state index in [-0.39, 0.29) is 5.91 Å². The molecule has 6 heteroatoms. The van der Waals surface area contributed by atoms with Crippen LogP contribution in [0.25, 0.3) is 0 Å². The lowest BCUT2D eigenvalue weighted by Crippen LogP contribution is -2.36. The summed E-state index contributed by atoms with van der Waals surface area (Å²) in [5.41, 5.74) is 0.949. The van der Waals surface area contributed by atoms with Gasteiger partial charge in [-0.15, -0.1) is 0 Å². The van der Waals surface area contributed by atoms with E-state index in [1.165, 1.54) is 0 Å². The van der Waals surface area contributed by atoms with Gasteiger partial charge in [0.25, 0.3) is 0 Å². The summed E-state index contributed by atoms with van der Waals surface area (Å²) in [6, 6.07) is 0. The summed E-state index contributed by atoms with van der Waals surface area (Å²) in [7, 11) is 3.56. The molecule has 0 bridgehead atoms. The molecule has 1 amide bonds. The highest BCUT2D eigenvalue weighted by Crippen LogP contribution is 2.39.